The van der Waals surface area contributed by atoms with Gasteiger partial charge in [-0.05, 0) is 56.6 Å². The standard InChI is InChI=1S/C17H22ClN3O2/c18-13-3-5-14(6-4-13)21-11-7-15(17(21)23)16(22)19-8-12-20-9-1-2-10-20/h3-6,15H,1-2,7-12H2,(H,19,22)/t15-/m1/s1. The number of nitrogens with zero attached hydrogens (tertiary/aromatic N) is 2. The van der Waals surface area contributed by atoms with E-state index in [1.54, 1.807) is 17.0 Å². The van der Waals surface area contributed by atoms with Gasteiger partial charge in [-0.3, -0.25) is 9.59 Å². The average Bonchev–Trinajstić information content (AvgIpc) is 3.18. The minimum Gasteiger partial charge on any atom is -0.354 e. The highest BCUT2D eigenvalue weighted by Gasteiger charge is 2.37. The van der Waals surface area contributed by atoms with E-state index < -0.39 is 5.92 Å². The molecule has 124 valence electrons. The van der Waals surface area contributed by atoms with Gasteiger partial charge in [0.05, 0.1) is 0 Å². The molecule has 0 unspecified atom stereocenters. The van der Waals surface area contributed by atoms with Gasteiger partial charge in [0.1, 0.15) is 5.92 Å². The van der Waals surface area contributed by atoms with Gasteiger partial charge in [-0.15, -0.1) is 0 Å². The third kappa shape index (κ3) is 3.85. The van der Waals surface area contributed by atoms with Gasteiger partial charge < -0.3 is 15.1 Å². The summed E-state index contributed by atoms with van der Waals surface area (Å²) in [5.41, 5.74) is 0.798. The Morgan fingerprint density at radius 2 is 1.87 bits per heavy atom. The molecule has 2 aliphatic rings. The Balaban J connectivity index is 1.51. The number of hydrogen-bond donors (Lipinski definition) is 1. The molecule has 1 aromatic carbocycles. The van der Waals surface area contributed by atoms with Crippen LogP contribution in [0.3, 0.4) is 0 Å². The number of benzene rings is 1. The number of halogens is 1. The zero-order valence-corrected chi connectivity index (χ0v) is 13.9. The number of carbonyl (C=O) groups is 2. The number of anilines is 1. The van der Waals surface area contributed by atoms with E-state index in [1.165, 1.54) is 12.8 Å². The van der Waals surface area contributed by atoms with Crippen molar-refractivity contribution in [1.29, 1.82) is 0 Å². The Hall–Kier alpha value is -1.59. The van der Waals surface area contributed by atoms with Crippen LogP contribution in [0.1, 0.15) is 19.3 Å². The summed E-state index contributed by atoms with van der Waals surface area (Å²) in [5.74, 6) is -0.832. The lowest BCUT2D eigenvalue weighted by Crippen LogP contribution is -2.40. The van der Waals surface area contributed by atoms with E-state index in [0.717, 1.165) is 25.3 Å². The van der Waals surface area contributed by atoms with Crippen molar-refractivity contribution in [2.45, 2.75) is 19.3 Å². The Bertz CT molecular complexity index is 570. The minimum atomic E-state index is -0.566. The molecule has 5 nitrogen and oxygen atoms in total. The van der Waals surface area contributed by atoms with Crippen LogP contribution in [0, 0.1) is 5.92 Å². The second-order valence-corrected chi connectivity index (χ2v) is 6.58. The average molecular weight is 336 g/mol. The maximum atomic E-state index is 12.5. The molecule has 2 fully saturated rings. The predicted molar refractivity (Wildman–Crippen MR) is 90.6 cm³/mol. The summed E-state index contributed by atoms with van der Waals surface area (Å²) in [7, 11) is 0. The zero-order chi connectivity index (χ0) is 16.2. The highest BCUT2D eigenvalue weighted by Crippen LogP contribution is 2.26. The molecule has 6 heteroatoms. The Morgan fingerprint density at radius 3 is 2.57 bits per heavy atom. The molecular formula is C17H22ClN3O2. The van der Waals surface area contributed by atoms with Gasteiger partial charge in [-0.25, -0.2) is 0 Å². The molecule has 0 aliphatic carbocycles. The minimum absolute atomic E-state index is 0.119. The summed E-state index contributed by atoms with van der Waals surface area (Å²) in [6.45, 7) is 4.28. The number of likely N-dealkylation sites (tertiary alicyclic amines) is 1. The van der Waals surface area contributed by atoms with E-state index in [1.807, 2.05) is 12.1 Å². The molecule has 0 aromatic heterocycles. The molecule has 0 bridgehead atoms. The van der Waals surface area contributed by atoms with Crippen molar-refractivity contribution in [2.24, 2.45) is 5.92 Å². The van der Waals surface area contributed by atoms with E-state index >= 15 is 0 Å². The molecule has 2 saturated heterocycles. The van der Waals surface area contributed by atoms with Crippen LogP contribution < -0.4 is 10.2 Å². The first-order valence-electron chi connectivity index (χ1n) is 8.22. The Labute approximate surface area is 141 Å². The molecule has 0 radical (unpaired) electrons. The topological polar surface area (TPSA) is 52.7 Å². The lowest BCUT2D eigenvalue weighted by atomic mass is 10.1. The van der Waals surface area contributed by atoms with Crippen LogP contribution in [0.2, 0.25) is 5.02 Å². The van der Waals surface area contributed by atoms with Crippen molar-refractivity contribution in [3.05, 3.63) is 29.3 Å². The summed E-state index contributed by atoms with van der Waals surface area (Å²) in [6.07, 6.45) is 3.05. The van der Waals surface area contributed by atoms with Crippen molar-refractivity contribution >= 4 is 29.1 Å². The fraction of sp³-hybridized carbons (Fsp3) is 0.529. The predicted octanol–water partition coefficient (Wildman–Crippen LogP) is 1.90. The fourth-order valence-corrected chi connectivity index (χ4v) is 3.39. The SMILES string of the molecule is O=C(NCCN1CCCC1)[C@H]1CCN(c2ccc(Cl)cc2)C1=O. The highest BCUT2D eigenvalue weighted by molar-refractivity contribution is 6.30. The molecule has 0 spiro atoms. The van der Waals surface area contributed by atoms with Gasteiger partial charge in [0.15, 0.2) is 0 Å². The largest absolute Gasteiger partial charge is 0.354 e. The number of hydrogen-bond acceptors (Lipinski definition) is 3. The lowest BCUT2D eigenvalue weighted by Gasteiger charge is -2.18. The number of rotatable bonds is 5. The van der Waals surface area contributed by atoms with Gasteiger partial charge in [0.25, 0.3) is 0 Å². The van der Waals surface area contributed by atoms with Gasteiger partial charge in [0, 0.05) is 30.3 Å². The van der Waals surface area contributed by atoms with Crippen LogP contribution in [-0.2, 0) is 9.59 Å². The number of nitrogens with one attached hydrogen (secondary N) is 1. The number of carbonyl (C=O) groups excluding carboxylic acids is 2. The molecule has 0 saturated carbocycles. The smallest absolute Gasteiger partial charge is 0.239 e. The van der Waals surface area contributed by atoms with E-state index in [9.17, 15) is 9.59 Å². The molecule has 1 aromatic rings. The van der Waals surface area contributed by atoms with Crippen LogP contribution in [0.4, 0.5) is 5.69 Å². The molecule has 2 amide bonds. The molecular weight excluding hydrogens is 314 g/mol. The van der Waals surface area contributed by atoms with Crippen LogP contribution in [0.15, 0.2) is 24.3 Å². The van der Waals surface area contributed by atoms with Crippen molar-refractivity contribution in [2.75, 3.05) is 37.6 Å². The first-order chi connectivity index (χ1) is 11.1. The molecule has 1 N–H and O–H groups in total. The van der Waals surface area contributed by atoms with Gasteiger partial charge in [-0.1, -0.05) is 11.6 Å². The third-order valence-corrected chi connectivity index (χ3v) is 4.84. The highest BCUT2D eigenvalue weighted by atomic mass is 35.5. The summed E-state index contributed by atoms with van der Waals surface area (Å²) in [6, 6.07) is 7.14. The summed E-state index contributed by atoms with van der Waals surface area (Å²) < 4.78 is 0. The molecule has 3 rings (SSSR count). The van der Waals surface area contributed by atoms with E-state index in [2.05, 4.69) is 10.2 Å². The monoisotopic (exact) mass is 335 g/mol. The zero-order valence-electron chi connectivity index (χ0n) is 13.1. The number of amides is 2. The fourth-order valence-electron chi connectivity index (χ4n) is 3.27. The third-order valence-electron chi connectivity index (χ3n) is 4.59. The summed E-state index contributed by atoms with van der Waals surface area (Å²) in [5, 5.41) is 3.55. The van der Waals surface area contributed by atoms with Crippen LogP contribution in [-0.4, -0.2) is 49.4 Å². The van der Waals surface area contributed by atoms with Crippen molar-refractivity contribution in [3.8, 4) is 0 Å². The second-order valence-electron chi connectivity index (χ2n) is 6.15. The second kappa shape index (κ2) is 7.32. The van der Waals surface area contributed by atoms with E-state index in [-0.39, 0.29) is 11.8 Å². The molecule has 2 aliphatic heterocycles. The molecule has 2 heterocycles. The lowest BCUT2D eigenvalue weighted by molar-refractivity contribution is -0.132. The van der Waals surface area contributed by atoms with Gasteiger partial charge >= 0.3 is 0 Å². The Morgan fingerprint density at radius 1 is 1.17 bits per heavy atom. The maximum Gasteiger partial charge on any atom is 0.239 e. The first kappa shape index (κ1) is 16.3. The van der Waals surface area contributed by atoms with Gasteiger partial charge in [-0.2, -0.15) is 0 Å². The summed E-state index contributed by atoms with van der Waals surface area (Å²) in [4.78, 5) is 28.7. The van der Waals surface area contributed by atoms with E-state index in [0.29, 0.717) is 24.5 Å². The van der Waals surface area contributed by atoms with Crippen LogP contribution in [0.25, 0.3) is 0 Å². The first-order valence-corrected chi connectivity index (χ1v) is 8.60. The van der Waals surface area contributed by atoms with Crippen molar-refractivity contribution in [3.63, 3.8) is 0 Å². The Kier molecular flexibility index (Phi) is 5.18. The maximum absolute atomic E-state index is 12.5. The van der Waals surface area contributed by atoms with Crippen LogP contribution in [0.5, 0.6) is 0 Å². The quantitative estimate of drug-likeness (QED) is 0.836. The van der Waals surface area contributed by atoms with Crippen molar-refractivity contribution < 1.29 is 9.59 Å². The summed E-state index contributed by atoms with van der Waals surface area (Å²) >= 11 is 5.87. The normalized spacial score (nSPS) is 21.9. The van der Waals surface area contributed by atoms with Crippen LogP contribution >= 0.6 is 11.6 Å². The van der Waals surface area contributed by atoms with Crippen molar-refractivity contribution in [1.82, 2.24) is 10.2 Å². The van der Waals surface area contributed by atoms with Gasteiger partial charge in [0.2, 0.25) is 11.8 Å². The molecule has 23 heavy (non-hydrogen) atoms. The van der Waals surface area contributed by atoms with E-state index in [4.69, 9.17) is 11.6 Å². The molecule has 1 atom stereocenters.